The maximum absolute atomic E-state index is 5.76. The predicted molar refractivity (Wildman–Crippen MR) is 50.2 cm³/mol. The first kappa shape index (κ1) is 9.73. The van der Waals surface area contributed by atoms with Crippen LogP contribution in [0.2, 0.25) is 0 Å². The quantitative estimate of drug-likeness (QED) is 0.653. The molecule has 0 radical (unpaired) electrons. The summed E-state index contributed by atoms with van der Waals surface area (Å²) in [7, 11) is 0. The topological polar surface area (TPSA) is 0 Å². The highest BCUT2D eigenvalue weighted by Gasteiger charge is 1.87. The van der Waals surface area contributed by atoms with Gasteiger partial charge in [0.05, 0.1) is 4.36 Å². The highest BCUT2D eigenvalue weighted by molar-refractivity contribution is 8.07. The number of thioether (sulfide) groups is 2. The second-order valence-corrected chi connectivity index (χ2v) is 4.39. The van der Waals surface area contributed by atoms with E-state index < -0.39 is 0 Å². The van der Waals surface area contributed by atoms with Gasteiger partial charge in [0.25, 0.3) is 0 Å². The molecule has 0 aliphatic rings. The van der Waals surface area contributed by atoms with Crippen LogP contribution >= 0.6 is 35.1 Å². The number of hydrogen-bond donors (Lipinski definition) is 0. The van der Waals surface area contributed by atoms with Gasteiger partial charge in [-0.1, -0.05) is 25.4 Å². The Hall–Kier alpha value is 0.730. The predicted octanol–water partition coefficient (Wildman–Crippen LogP) is 3.53. The molecule has 0 aromatic heterocycles. The third-order valence-corrected chi connectivity index (χ3v) is 2.76. The highest BCUT2D eigenvalue weighted by Crippen LogP contribution is 2.22. The molecule has 3 heteroatoms. The van der Waals surface area contributed by atoms with E-state index in [1.165, 1.54) is 0 Å². The first-order valence-electron chi connectivity index (χ1n) is 2.91. The molecule has 54 valence electrons. The minimum atomic E-state index is 0.907. The lowest BCUT2D eigenvalue weighted by molar-refractivity contribution is 1.53. The lowest BCUT2D eigenvalue weighted by Crippen LogP contribution is -1.65. The number of hydrogen-bond acceptors (Lipinski definition) is 2. The van der Waals surface area contributed by atoms with E-state index in [4.69, 9.17) is 11.6 Å². The summed E-state index contributed by atoms with van der Waals surface area (Å²) < 4.78 is 0.907. The second kappa shape index (κ2) is 6.84. The van der Waals surface area contributed by atoms with Gasteiger partial charge in [-0.2, -0.15) is 0 Å². The molecule has 0 N–H and O–H groups in total. The van der Waals surface area contributed by atoms with E-state index in [9.17, 15) is 0 Å². The summed E-state index contributed by atoms with van der Waals surface area (Å²) in [5.41, 5.74) is 0. The summed E-state index contributed by atoms with van der Waals surface area (Å²) in [4.78, 5) is 0. The molecule has 0 aromatic carbocycles. The summed E-state index contributed by atoms with van der Waals surface area (Å²) >= 11 is 9.18. The van der Waals surface area contributed by atoms with Gasteiger partial charge in [-0.3, -0.25) is 0 Å². The fraction of sp³-hybridized carbons (Fsp3) is 0.667. The third kappa shape index (κ3) is 6.62. The van der Waals surface area contributed by atoms with Crippen molar-refractivity contribution < 1.29 is 0 Å². The molecule has 9 heavy (non-hydrogen) atoms. The van der Waals surface area contributed by atoms with E-state index >= 15 is 0 Å². The largest absolute Gasteiger partial charge is 0.132 e. The summed E-state index contributed by atoms with van der Waals surface area (Å²) in [5, 5.41) is 2.00. The summed E-state index contributed by atoms with van der Waals surface area (Å²) in [6, 6.07) is 0. The average Bonchev–Trinajstić information content (AvgIpc) is 1.85. The third-order valence-electron chi connectivity index (χ3n) is 0.625. The average molecular weight is 183 g/mol. The van der Waals surface area contributed by atoms with Gasteiger partial charge in [-0.05, 0) is 16.9 Å². The minimum Gasteiger partial charge on any atom is -0.132 e. The van der Waals surface area contributed by atoms with Crippen LogP contribution in [0, 0.1) is 0 Å². The minimum absolute atomic E-state index is 0.907. The van der Waals surface area contributed by atoms with Gasteiger partial charge in [-0.25, -0.2) is 0 Å². The monoisotopic (exact) mass is 182 g/mol. The van der Waals surface area contributed by atoms with E-state index in [1.54, 1.807) is 23.5 Å². The van der Waals surface area contributed by atoms with E-state index in [1.807, 2.05) is 5.41 Å². The van der Waals surface area contributed by atoms with Crippen LogP contribution in [0.4, 0.5) is 0 Å². The zero-order valence-electron chi connectivity index (χ0n) is 5.69. The zero-order valence-corrected chi connectivity index (χ0v) is 8.07. The Labute approximate surface area is 70.4 Å². The molecule has 0 nitrogen and oxygen atoms in total. The Bertz CT molecular complexity index is 91.1. The Morgan fingerprint density at radius 3 is 2.56 bits per heavy atom. The van der Waals surface area contributed by atoms with Gasteiger partial charge in [0.2, 0.25) is 0 Å². The van der Waals surface area contributed by atoms with Crippen molar-refractivity contribution in [2.75, 3.05) is 11.5 Å². The molecule has 0 saturated heterocycles. The molecule has 0 amide bonds. The molecule has 0 rings (SSSR count). The van der Waals surface area contributed by atoms with E-state index in [-0.39, 0.29) is 0 Å². The Morgan fingerprint density at radius 1 is 1.44 bits per heavy atom. The molecule has 0 aliphatic heterocycles. The molecule has 0 saturated carbocycles. The molecule has 0 heterocycles. The molecular weight excluding hydrogens is 172 g/mol. The molecule has 0 bridgehead atoms. The van der Waals surface area contributed by atoms with E-state index in [2.05, 4.69) is 13.8 Å². The van der Waals surface area contributed by atoms with Crippen molar-refractivity contribution >= 4 is 35.1 Å². The van der Waals surface area contributed by atoms with Gasteiger partial charge in [0.1, 0.15) is 0 Å². The second-order valence-electron chi connectivity index (χ2n) is 1.31. The van der Waals surface area contributed by atoms with Crippen molar-refractivity contribution in [3.05, 3.63) is 9.77 Å². The van der Waals surface area contributed by atoms with Crippen LogP contribution in [0.1, 0.15) is 13.8 Å². The molecular formula is C6H11ClS2. The van der Waals surface area contributed by atoms with Crippen molar-refractivity contribution in [1.82, 2.24) is 0 Å². The van der Waals surface area contributed by atoms with Crippen LogP contribution in [0.25, 0.3) is 0 Å². The normalized spacial score (nSPS) is 12.1. The maximum Gasteiger partial charge on any atom is 0.0797 e. The fourth-order valence-electron chi connectivity index (χ4n) is 0.321. The SMILES string of the molecule is CCS/C=C(\Cl)SCC. The number of halogens is 1. The van der Waals surface area contributed by atoms with Crippen LogP contribution in [0.15, 0.2) is 9.77 Å². The first-order chi connectivity index (χ1) is 4.31. The lowest BCUT2D eigenvalue weighted by Gasteiger charge is -1.91. The van der Waals surface area contributed by atoms with Gasteiger partial charge < -0.3 is 0 Å². The van der Waals surface area contributed by atoms with Gasteiger partial charge in [0, 0.05) is 0 Å². The van der Waals surface area contributed by atoms with Gasteiger partial charge >= 0.3 is 0 Å². The molecule has 0 aliphatic carbocycles. The fourth-order valence-corrected chi connectivity index (χ4v) is 1.89. The number of rotatable bonds is 4. The molecule has 0 atom stereocenters. The van der Waals surface area contributed by atoms with Crippen molar-refractivity contribution in [2.45, 2.75) is 13.8 Å². The Balaban J connectivity index is 3.30. The highest BCUT2D eigenvalue weighted by atomic mass is 35.5. The van der Waals surface area contributed by atoms with Crippen molar-refractivity contribution in [3.8, 4) is 0 Å². The lowest BCUT2D eigenvalue weighted by atomic mass is 11.0. The van der Waals surface area contributed by atoms with Crippen molar-refractivity contribution in [3.63, 3.8) is 0 Å². The smallest absolute Gasteiger partial charge is 0.0797 e. The van der Waals surface area contributed by atoms with Crippen LogP contribution in [-0.2, 0) is 0 Å². The van der Waals surface area contributed by atoms with Crippen LogP contribution in [0.3, 0.4) is 0 Å². The maximum atomic E-state index is 5.76. The zero-order chi connectivity index (χ0) is 7.11. The van der Waals surface area contributed by atoms with Crippen LogP contribution in [-0.4, -0.2) is 11.5 Å². The van der Waals surface area contributed by atoms with Gasteiger partial charge in [0.15, 0.2) is 0 Å². The Morgan fingerprint density at radius 2 is 2.11 bits per heavy atom. The van der Waals surface area contributed by atoms with Gasteiger partial charge in [-0.15, -0.1) is 23.5 Å². The summed E-state index contributed by atoms with van der Waals surface area (Å²) in [5.74, 6) is 2.15. The summed E-state index contributed by atoms with van der Waals surface area (Å²) in [6.45, 7) is 4.21. The molecule has 0 fully saturated rings. The first-order valence-corrected chi connectivity index (χ1v) is 5.32. The van der Waals surface area contributed by atoms with E-state index in [0.717, 1.165) is 15.9 Å². The van der Waals surface area contributed by atoms with E-state index in [0.29, 0.717) is 0 Å². The molecule has 0 spiro atoms. The molecule has 0 unspecified atom stereocenters. The summed E-state index contributed by atoms with van der Waals surface area (Å²) in [6.07, 6.45) is 0. The molecule has 0 aromatic rings. The standard InChI is InChI=1S/C6H11ClS2/c1-3-8-5-6(7)9-4-2/h5H,3-4H2,1-2H3/b6-5+. The van der Waals surface area contributed by atoms with Crippen LogP contribution < -0.4 is 0 Å². The van der Waals surface area contributed by atoms with Crippen molar-refractivity contribution in [1.29, 1.82) is 0 Å². The Kier molecular flexibility index (Phi) is 7.40. The van der Waals surface area contributed by atoms with Crippen molar-refractivity contribution in [2.24, 2.45) is 0 Å². The van der Waals surface area contributed by atoms with Crippen LogP contribution in [0.5, 0.6) is 0 Å².